The number of benzene rings is 2. The first-order valence-corrected chi connectivity index (χ1v) is 7.07. The van der Waals surface area contributed by atoms with Gasteiger partial charge in [-0.25, -0.2) is 8.78 Å². The number of carbonyl (C=O) groups is 2. The Hall–Kier alpha value is -2.76. The molecule has 0 radical (unpaired) electrons. The lowest BCUT2D eigenvalue weighted by Crippen LogP contribution is -2.30. The van der Waals surface area contributed by atoms with Crippen molar-refractivity contribution in [1.82, 2.24) is 0 Å². The number of halogens is 2. The third-order valence-electron chi connectivity index (χ3n) is 3.23. The largest absolute Gasteiger partial charge is 0.326 e. The van der Waals surface area contributed by atoms with Gasteiger partial charge in [0.05, 0.1) is 0 Å². The number of nitrogens with one attached hydrogen (secondary N) is 1. The van der Waals surface area contributed by atoms with E-state index in [-0.39, 0.29) is 17.5 Å². The summed E-state index contributed by atoms with van der Waals surface area (Å²) in [6.45, 7) is 3.43. The highest BCUT2D eigenvalue weighted by Gasteiger charge is 2.17. The highest BCUT2D eigenvalue weighted by atomic mass is 19.2. The summed E-state index contributed by atoms with van der Waals surface area (Å²) in [6, 6.07) is 9.67. The molecule has 0 aliphatic carbocycles. The number of amides is 2. The third-order valence-corrected chi connectivity index (χ3v) is 3.23. The standard InChI is InChI=1S/C17H16F2N2O2/c1-3-21(14-8-9-15(18)16(19)10-14)17(23)12-4-6-13(7-5-12)20-11(2)22/h4-10H,3H2,1-2H3,(H,20,22). The molecule has 2 aromatic carbocycles. The van der Waals surface area contributed by atoms with Crippen LogP contribution in [-0.2, 0) is 4.79 Å². The van der Waals surface area contributed by atoms with E-state index in [4.69, 9.17) is 0 Å². The Labute approximate surface area is 132 Å². The number of carbonyl (C=O) groups excluding carboxylic acids is 2. The van der Waals surface area contributed by atoms with Crippen LogP contribution in [0.3, 0.4) is 0 Å². The molecule has 0 aromatic heterocycles. The van der Waals surface area contributed by atoms with Gasteiger partial charge in [0.1, 0.15) is 0 Å². The summed E-state index contributed by atoms with van der Waals surface area (Å²) in [5.74, 6) is -2.51. The first-order chi connectivity index (χ1) is 10.9. The van der Waals surface area contributed by atoms with Gasteiger partial charge >= 0.3 is 0 Å². The van der Waals surface area contributed by atoms with Crippen LogP contribution in [0.1, 0.15) is 24.2 Å². The molecular weight excluding hydrogens is 302 g/mol. The molecule has 4 nitrogen and oxygen atoms in total. The van der Waals surface area contributed by atoms with E-state index in [9.17, 15) is 18.4 Å². The second-order valence-corrected chi connectivity index (χ2v) is 4.91. The second kappa shape index (κ2) is 7.00. The minimum Gasteiger partial charge on any atom is -0.326 e. The van der Waals surface area contributed by atoms with Crippen molar-refractivity contribution in [2.24, 2.45) is 0 Å². The van der Waals surface area contributed by atoms with E-state index in [1.165, 1.54) is 17.9 Å². The van der Waals surface area contributed by atoms with Gasteiger partial charge < -0.3 is 10.2 Å². The number of rotatable bonds is 4. The van der Waals surface area contributed by atoms with Gasteiger partial charge in [0.2, 0.25) is 5.91 Å². The summed E-state index contributed by atoms with van der Waals surface area (Å²) >= 11 is 0. The zero-order valence-electron chi connectivity index (χ0n) is 12.8. The van der Waals surface area contributed by atoms with Crippen molar-refractivity contribution < 1.29 is 18.4 Å². The van der Waals surface area contributed by atoms with E-state index in [2.05, 4.69) is 5.32 Å². The molecule has 0 fully saturated rings. The van der Waals surface area contributed by atoms with Gasteiger partial charge in [-0.3, -0.25) is 9.59 Å². The highest BCUT2D eigenvalue weighted by molar-refractivity contribution is 6.06. The minimum absolute atomic E-state index is 0.207. The Morgan fingerprint density at radius 1 is 1.04 bits per heavy atom. The molecule has 0 saturated carbocycles. The highest BCUT2D eigenvalue weighted by Crippen LogP contribution is 2.21. The van der Waals surface area contributed by atoms with Crippen molar-refractivity contribution in [3.05, 3.63) is 59.7 Å². The zero-order chi connectivity index (χ0) is 17.0. The summed E-state index contributed by atoms with van der Waals surface area (Å²) in [7, 11) is 0. The van der Waals surface area contributed by atoms with E-state index in [1.54, 1.807) is 31.2 Å². The Morgan fingerprint density at radius 2 is 1.70 bits per heavy atom. The summed E-state index contributed by atoms with van der Waals surface area (Å²) in [4.78, 5) is 24.9. The molecule has 0 aliphatic heterocycles. The van der Waals surface area contributed by atoms with Gasteiger partial charge in [-0.1, -0.05) is 0 Å². The summed E-state index contributed by atoms with van der Waals surface area (Å²) < 4.78 is 26.4. The van der Waals surface area contributed by atoms with Crippen molar-refractivity contribution >= 4 is 23.2 Å². The lowest BCUT2D eigenvalue weighted by atomic mass is 10.1. The van der Waals surface area contributed by atoms with Crippen LogP contribution >= 0.6 is 0 Å². The van der Waals surface area contributed by atoms with Crippen molar-refractivity contribution in [3.63, 3.8) is 0 Å². The molecule has 23 heavy (non-hydrogen) atoms. The van der Waals surface area contributed by atoms with Crippen LogP contribution in [0.25, 0.3) is 0 Å². The maximum atomic E-state index is 13.4. The fourth-order valence-corrected chi connectivity index (χ4v) is 2.15. The van der Waals surface area contributed by atoms with Crippen molar-refractivity contribution in [1.29, 1.82) is 0 Å². The lowest BCUT2D eigenvalue weighted by Gasteiger charge is -2.21. The molecule has 2 aromatic rings. The first kappa shape index (κ1) is 16.6. The fourth-order valence-electron chi connectivity index (χ4n) is 2.15. The van der Waals surface area contributed by atoms with Crippen molar-refractivity contribution in [2.75, 3.05) is 16.8 Å². The van der Waals surface area contributed by atoms with Gasteiger partial charge in [-0.2, -0.15) is 0 Å². The van der Waals surface area contributed by atoms with E-state index >= 15 is 0 Å². The molecule has 0 spiro atoms. The van der Waals surface area contributed by atoms with Crippen LogP contribution < -0.4 is 10.2 Å². The average Bonchev–Trinajstić information content (AvgIpc) is 2.51. The van der Waals surface area contributed by atoms with E-state index in [0.29, 0.717) is 17.8 Å². The molecule has 2 amide bonds. The van der Waals surface area contributed by atoms with Gasteiger partial charge in [0.25, 0.3) is 5.91 Å². The zero-order valence-corrected chi connectivity index (χ0v) is 12.8. The lowest BCUT2D eigenvalue weighted by molar-refractivity contribution is -0.114. The van der Waals surface area contributed by atoms with Gasteiger partial charge in [-0.15, -0.1) is 0 Å². The van der Waals surface area contributed by atoms with Crippen LogP contribution in [0.4, 0.5) is 20.2 Å². The summed E-state index contributed by atoms with van der Waals surface area (Å²) in [5.41, 5.74) is 1.23. The molecule has 0 bridgehead atoms. The molecule has 0 unspecified atom stereocenters. The molecule has 0 atom stereocenters. The van der Waals surface area contributed by atoms with E-state index < -0.39 is 11.6 Å². The molecule has 0 aliphatic rings. The normalized spacial score (nSPS) is 10.3. The Bertz CT molecular complexity index is 730. The number of anilines is 2. The number of hydrogen-bond donors (Lipinski definition) is 1. The van der Waals surface area contributed by atoms with Gasteiger partial charge in [0.15, 0.2) is 11.6 Å². The molecule has 6 heteroatoms. The maximum Gasteiger partial charge on any atom is 0.258 e. The molecule has 0 heterocycles. The van der Waals surface area contributed by atoms with Gasteiger partial charge in [0, 0.05) is 36.5 Å². The molecule has 0 saturated heterocycles. The van der Waals surface area contributed by atoms with Crippen LogP contribution in [0.15, 0.2) is 42.5 Å². The average molecular weight is 318 g/mol. The quantitative estimate of drug-likeness (QED) is 0.936. The monoisotopic (exact) mass is 318 g/mol. The summed E-state index contributed by atoms with van der Waals surface area (Å²) in [5, 5.41) is 2.60. The Kier molecular flexibility index (Phi) is 5.05. The maximum absolute atomic E-state index is 13.4. The predicted octanol–water partition coefficient (Wildman–Crippen LogP) is 3.59. The Morgan fingerprint density at radius 3 is 2.22 bits per heavy atom. The minimum atomic E-state index is -1.00. The van der Waals surface area contributed by atoms with Crippen LogP contribution in [0.5, 0.6) is 0 Å². The molecule has 2 rings (SSSR count). The van der Waals surface area contributed by atoms with Crippen LogP contribution in [-0.4, -0.2) is 18.4 Å². The third kappa shape index (κ3) is 3.91. The molecule has 120 valence electrons. The van der Waals surface area contributed by atoms with Crippen LogP contribution in [0, 0.1) is 11.6 Å². The SMILES string of the molecule is CCN(C(=O)c1ccc(NC(C)=O)cc1)c1ccc(F)c(F)c1. The van der Waals surface area contributed by atoms with Gasteiger partial charge in [-0.05, 0) is 43.3 Å². The molecular formula is C17H16F2N2O2. The van der Waals surface area contributed by atoms with E-state index in [1.807, 2.05) is 0 Å². The van der Waals surface area contributed by atoms with Crippen molar-refractivity contribution in [2.45, 2.75) is 13.8 Å². The van der Waals surface area contributed by atoms with E-state index in [0.717, 1.165) is 12.1 Å². The topological polar surface area (TPSA) is 49.4 Å². The Balaban J connectivity index is 2.25. The first-order valence-electron chi connectivity index (χ1n) is 7.07. The second-order valence-electron chi connectivity index (χ2n) is 4.91. The number of hydrogen-bond acceptors (Lipinski definition) is 2. The fraction of sp³-hybridized carbons (Fsp3) is 0.176. The van der Waals surface area contributed by atoms with Crippen LogP contribution in [0.2, 0.25) is 0 Å². The smallest absolute Gasteiger partial charge is 0.258 e. The van der Waals surface area contributed by atoms with Crippen molar-refractivity contribution in [3.8, 4) is 0 Å². The summed E-state index contributed by atoms with van der Waals surface area (Å²) in [6.07, 6.45) is 0. The molecule has 1 N–H and O–H groups in total. The predicted molar refractivity (Wildman–Crippen MR) is 84.5 cm³/mol. The number of nitrogens with zero attached hydrogens (tertiary/aromatic N) is 1.